The van der Waals surface area contributed by atoms with Gasteiger partial charge in [0.2, 0.25) is 0 Å². The van der Waals surface area contributed by atoms with Crippen molar-refractivity contribution < 1.29 is 9.53 Å². The van der Waals surface area contributed by atoms with E-state index in [4.69, 9.17) is 4.74 Å². The van der Waals surface area contributed by atoms with Gasteiger partial charge in [0.05, 0.1) is 0 Å². The summed E-state index contributed by atoms with van der Waals surface area (Å²) in [5.41, 5.74) is -0.0191. The summed E-state index contributed by atoms with van der Waals surface area (Å²) in [6, 6.07) is 0. The van der Waals surface area contributed by atoms with Gasteiger partial charge in [0, 0.05) is 39.3 Å². The molecule has 0 aromatic rings. The maximum Gasteiger partial charge on any atom is 0.407 e. The van der Waals surface area contributed by atoms with Crippen LogP contribution < -0.4 is 5.32 Å². The van der Waals surface area contributed by atoms with Crippen molar-refractivity contribution >= 4 is 6.09 Å². The molecule has 5 nitrogen and oxygen atoms in total. The van der Waals surface area contributed by atoms with Crippen molar-refractivity contribution in [1.82, 2.24) is 15.1 Å². The summed E-state index contributed by atoms with van der Waals surface area (Å²) in [7, 11) is 2.14. The molecule has 0 radical (unpaired) electrons. The maximum atomic E-state index is 11.6. The summed E-state index contributed by atoms with van der Waals surface area (Å²) in [5.74, 6) is 0. The predicted octanol–water partition coefficient (Wildman–Crippen LogP) is 1.39. The Labute approximate surface area is 117 Å². The first-order valence-electron chi connectivity index (χ1n) is 7.14. The van der Waals surface area contributed by atoms with Gasteiger partial charge in [-0.3, -0.25) is 4.90 Å². The highest BCUT2D eigenvalue weighted by Gasteiger charge is 2.23. The van der Waals surface area contributed by atoms with Gasteiger partial charge in [0.15, 0.2) is 0 Å². The Morgan fingerprint density at radius 1 is 1.26 bits per heavy atom. The number of alkyl carbamates (subject to hydrolysis) is 1. The third kappa shape index (κ3) is 6.25. The SMILES string of the molecule is C[C@@H](OC(=O)NCCN1CCN(C)CC1)C(C)(C)C. The monoisotopic (exact) mass is 271 g/mol. The van der Waals surface area contributed by atoms with Gasteiger partial charge >= 0.3 is 6.09 Å². The Bertz CT molecular complexity index is 281. The van der Waals surface area contributed by atoms with Crippen LogP contribution in [0.5, 0.6) is 0 Å². The fourth-order valence-electron chi connectivity index (χ4n) is 1.77. The summed E-state index contributed by atoms with van der Waals surface area (Å²) >= 11 is 0. The number of carbonyl (C=O) groups is 1. The average Bonchev–Trinajstić information content (AvgIpc) is 2.30. The van der Waals surface area contributed by atoms with E-state index in [2.05, 4.69) is 42.9 Å². The molecular weight excluding hydrogens is 242 g/mol. The first-order valence-corrected chi connectivity index (χ1v) is 7.14. The Hall–Kier alpha value is -0.810. The van der Waals surface area contributed by atoms with Gasteiger partial charge in [-0.2, -0.15) is 0 Å². The van der Waals surface area contributed by atoms with Crippen molar-refractivity contribution in [2.24, 2.45) is 5.41 Å². The molecule has 5 heteroatoms. The smallest absolute Gasteiger partial charge is 0.407 e. The third-order valence-electron chi connectivity index (χ3n) is 3.80. The molecule has 0 bridgehead atoms. The van der Waals surface area contributed by atoms with Crippen LogP contribution in [-0.2, 0) is 4.74 Å². The molecule has 1 amide bonds. The lowest BCUT2D eigenvalue weighted by Gasteiger charge is -2.32. The Morgan fingerprint density at radius 3 is 2.37 bits per heavy atom. The molecule has 1 rings (SSSR count). The topological polar surface area (TPSA) is 44.8 Å². The lowest BCUT2D eigenvalue weighted by molar-refractivity contribution is 0.0431. The van der Waals surface area contributed by atoms with Gasteiger partial charge in [0.1, 0.15) is 6.10 Å². The van der Waals surface area contributed by atoms with Crippen LogP contribution in [0.2, 0.25) is 0 Å². The zero-order chi connectivity index (χ0) is 14.5. The van der Waals surface area contributed by atoms with Crippen molar-refractivity contribution in [3.8, 4) is 0 Å². The van der Waals surface area contributed by atoms with Crippen LogP contribution in [0.15, 0.2) is 0 Å². The van der Waals surface area contributed by atoms with Crippen LogP contribution in [0.1, 0.15) is 27.7 Å². The van der Waals surface area contributed by atoms with E-state index < -0.39 is 0 Å². The minimum atomic E-state index is -0.309. The minimum absolute atomic E-state index is 0.0191. The summed E-state index contributed by atoms with van der Waals surface area (Å²) in [4.78, 5) is 16.3. The Morgan fingerprint density at radius 2 is 1.84 bits per heavy atom. The highest BCUT2D eigenvalue weighted by molar-refractivity contribution is 5.67. The first kappa shape index (κ1) is 16.2. The maximum absolute atomic E-state index is 11.6. The summed E-state index contributed by atoms with van der Waals surface area (Å²) in [6.07, 6.45) is -0.396. The standard InChI is InChI=1S/C14H29N3O2/c1-12(14(2,3)4)19-13(18)15-6-7-17-10-8-16(5)9-11-17/h12H,6-11H2,1-5H3,(H,15,18)/t12-/m1/s1. The Balaban J connectivity index is 2.14. The summed E-state index contributed by atoms with van der Waals surface area (Å²) in [6.45, 7) is 14.0. The lowest BCUT2D eigenvalue weighted by atomic mass is 9.90. The van der Waals surface area contributed by atoms with Gasteiger partial charge in [-0.15, -0.1) is 0 Å². The third-order valence-corrected chi connectivity index (χ3v) is 3.80. The van der Waals surface area contributed by atoms with Crippen LogP contribution in [-0.4, -0.2) is 68.3 Å². The summed E-state index contributed by atoms with van der Waals surface area (Å²) < 4.78 is 5.34. The largest absolute Gasteiger partial charge is 0.446 e. The number of nitrogens with zero attached hydrogens (tertiary/aromatic N) is 2. The number of hydrogen-bond acceptors (Lipinski definition) is 4. The quantitative estimate of drug-likeness (QED) is 0.839. The molecule has 0 aliphatic carbocycles. The second-order valence-corrected chi connectivity index (χ2v) is 6.49. The molecule has 19 heavy (non-hydrogen) atoms. The molecule has 1 heterocycles. The van der Waals surface area contributed by atoms with E-state index in [1.165, 1.54) is 0 Å². The molecule has 1 atom stereocenters. The van der Waals surface area contributed by atoms with Crippen molar-refractivity contribution in [2.45, 2.75) is 33.8 Å². The first-order chi connectivity index (χ1) is 8.79. The van der Waals surface area contributed by atoms with Gasteiger partial charge in [-0.05, 0) is 19.4 Å². The molecule has 0 unspecified atom stereocenters. The number of hydrogen-bond donors (Lipinski definition) is 1. The van der Waals surface area contributed by atoms with E-state index in [0.717, 1.165) is 32.7 Å². The van der Waals surface area contributed by atoms with Gasteiger partial charge in [-0.25, -0.2) is 4.79 Å². The van der Waals surface area contributed by atoms with Crippen LogP contribution in [0.25, 0.3) is 0 Å². The van der Waals surface area contributed by atoms with Crippen LogP contribution in [0.3, 0.4) is 0 Å². The highest BCUT2D eigenvalue weighted by Crippen LogP contribution is 2.21. The number of nitrogens with one attached hydrogen (secondary N) is 1. The number of rotatable bonds is 4. The number of amides is 1. The molecular formula is C14H29N3O2. The second-order valence-electron chi connectivity index (χ2n) is 6.49. The molecule has 0 saturated carbocycles. The highest BCUT2D eigenvalue weighted by atomic mass is 16.6. The van der Waals surface area contributed by atoms with Crippen LogP contribution in [0, 0.1) is 5.41 Å². The zero-order valence-corrected chi connectivity index (χ0v) is 13.0. The zero-order valence-electron chi connectivity index (χ0n) is 13.0. The van der Waals surface area contributed by atoms with Crippen molar-refractivity contribution in [3.63, 3.8) is 0 Å². The van der Waals surface area contributed by atoms with E-state index in [1.807, 2.05) is 6.92 Å². The van der Waals surface area contributed by atoms with E-state index in [-0.39, 0.29) is 17.6 Å². The van der Waals surface area contributed by atoms with E-state index >= 15 is 0 Å². The minimum Gasteiger partial charge on any atom is -0.446 e. The van der Waals surface area contributed by atoms with E-state index in [0.29, 0.717) is 6.54 Å². The van der Waals surface area contributed by atoms with Crippen molar-refractivity contribution in [2.75, 3.05) is 46.3 Å². The lowest BCUT2D eigenvalue weighted by Crippen LogP contribution is -2.47. The summed E-state index contributed by atoms with van der Waals surface area (Å²) in [5, 5.41) is 2.83. The van der Waals surface area contributed by atoms with Crippen molar-refractivity contribution in [3.05, 3.63) is 0 Å². The van der Waals surface area contributed by atoms with Crippen LogP contribution >= 0.6 is 0 Å². The Kier molecular flexibility index (Phi) is 6.07. The fourth-order valence-corrected chi connectivity index (χ4v) is 1.77. The van der Waals surface area contributed by atoms with Crippen molar-refractivity contribution in [1.29, 1.82) is 0 Å². The number of ether oxygens (including phenoxy) is 1. The number of piperazine rings is 1. The van der Waals surface area contributed by atoms with Gasteiger partial charge < -0.3 is 15.0 Å². The fraction of sp³-hybridized carbons (Fsp3) is 0.929. The number of likely N-dealkylation sites (N-methyl/N-ethyl adjacent to an activating group) is 1. The molecule has 1 N–H and O–H groups in total. The molecule has 0 spiro atoms. The molecule has 1 saturated heterocycles. The van der Waals surface area contributed by atoms with Gasteiger partial charge in [0.25, 0.3) is 0 Å². The predicted molar refractivity (Wildman–Crippen MR) is 77.3 cm³/mol. The van der Waals surface area contributed by atoms with Gasteiger partial charge in [-0.1, -0.05) is 20.8 Å². The van der Waals surface area contributed by atoms with Crippen LogP contribution in [0.4, 0.5) is 4.79 Å². The average molecular weight is 271 g/mol. The molecule has 1 fully saturated rings. The molecule has 0 aromatic heterocycles. The van der Waals surface area contributed by atoms with E-state index in [1.54, 1.807) is 0 Å². The molecule has 1 aliphatic rings. The molecule has 1 aliphatic heterocycles. The number of carbonyl (C=O) groups excluding carboxylic acids is 1. The molecule has 0 aromatic carbocycles. The van der Waals surface area contributed by atoms with E-state index in [9.17, 15) is 4.79 Å². The second kappa shape index (κ2) is 7.10. The molecule has 112 valence electrons. The normalized spacial score (nSPS) is 20.1.